The first-order valence-corrected chi connectivity index (χ1v) is 8.69. The molecule has 24 heavy (non-hydrogen) atoms. The van der Waals surface area contributed by atoms with Crippen LogP contribution in [0.1, 0.15) is 50.2 Å². The molecule has 2 aliphatic heterocycles. The molecule has 1 N–H and O–H groups in total. The molecule has 3 heterocycles. The van der Waals surface area contributed by atoms with Crippen molar-refractivity contribution in [1.29, 1.82) is 0 Å². The van der Waals surface area contributed by atoms with Crippen molar-refractivity contribution >= 4 is 17.6 Å². The summed E-state index contributed by atoms with van der Waals surface area (Å²) < 4.78 is 0. The number of likely N-dealkylation sites (tertiary alicyclic amines) is 2. The third-order valence-corrected chi connectivity index (χ3v) is 4.75. The lowest BCUT2D eigenvalue weighted by atomic mass is 9.99. The third kappa shape index (κ3) is 3.66. The Labute approximate surface area is 142 Å². The molecule has 0 bridgehead atoms. The molecule has 3 rings (SSSR count). The molecule has 130 valence electrons. The Morgan fingerprint density at radius 1 is 1.21 bits per heavy atom. The van der Waals surface area contributed by atoms with Crippen LogP contribution in [0.2, 0.25) is 0 Å². The highest BCUT2D eigenvalue weighted by Crippen LogP contribution is 2.32. The van der Waals surface area contributed by atoms with Crippen LogP contribution in [0.3, 0.4) is 0 Å². The van der Waals surface area contributed by atoms with Crippen molar-refractivity contribution in [3.8, 4) is 0 Å². The molecule has 0 unspecified atom stereocenters. The number of hydrogen-bond donors (Lipinski definition) is 1. The highest BCUT2D eigenvalue weighted by Gasteiger charge is 2.32. The topological polar surface area (TPSA) is 78.4 Å². The number of rotatable bonds is 4. The molecule has 2 amide bonds. The van der Waals surface area contributed by atoms with Gasteiger partial charge in [0.1, 0.15) is 11.6 Å². The maximum absolute atomic E-state index is 12.3. The van der Waals surface area contributed by atoms with Gasteiger partial charge in [-0.3, -0.25) is 9.59 Å². The van der Waals surface area contributed by atoms with Gasteiger partial charge in [-0.05, 0) is 32.6 Å². The summed E-state index contributed by atoms with van der Waals surface area (Å²) in [6.07, 6.45) is 4.30. The lowest BCUT2D eigenvalue weighted by molar-refractivity contribution is -0.136. The first kappa shape index (κ1) is 16.7. The molecule has 0 saturated carbocycles. The fraction of sp³-hybridized carbons (Fsp3) is 0.647. The Morgan fingerprint density at radius 2 is 1.96 bits per heavy atom. The van der Waals surface area contributed by atoms with E-state index in [9.17, 15) is 9.59 Å². The van der Waals surface area contributed by atoms with Gasteiger partial charge in [0.15, 0.2) is 0 Å². The summed E-state index contributed by atoms with van der Waals surface area (Å²) in [4.78, 5) is 36.4. The highest BCUT2D eigenvalue weighted by atomic mass is 16.2. The lowest BCUT2D eigenvalue weighted by Crippen LogP contribution is -2.44. The van der Waals surface area contributed by atoms with Gasteiger partial charge in [0.05, 0.1) is 18.3 Å². The fourth-order valence-electron chi connectivity index (χ4n) is 3.35. The first-order valence-electron chi connectivity index (χ1n) is 8.69. The van der Waals surface area contributed by atoms with Crippen molar-refractivity contribution in [1.82, 2.24) is 19.8 Å². The molecule has 1 atom stereocenters. The molecule has 7 heteroatoms. The van der Waals surface area contributed by atoms with Crippen molar-refractivity contribution in [2.75, 3.05) is 31.5 Å². The van der Waals surface area contributed by atoms with E-state index < -0.39 is 0 Å². The second-order valence-electron chi connectivity index (χ2n) is 6.54. The Balaban J connectivity index is 1.63. The quantitative estimate of drug-likeness (QED) is 0.904. The van der Waals surface area contributed by atoms with Crippen LogP contribution >= 0.6 is 0 Å². The molecule has 0 radical (unpaired) electrons. The van der Waals surface area contributed by atoms with Crippen molar-refractivity contribution in [3.05, 3.63) is 17.6 Å². The van der Waals surface area contributed by atoms with E-state index >= 15 is 0 Å². The summed E-state index contributed by atoms with van der Waals surface area (Å²) in [5.41, 5.74) is 0.844. The Morgan fingerprint density at radius 3 is 2.58 bits per heavy atom. The monoisotopic (exact) mass is 331 g/mol. The second-order valence-corrected chi connectivity index (χ2v) is 6.54. The number of aromatic nitrogens is 2. The van der Waals surface area contributed by atoms with Crippen LogP contribution < -0.4 is 5.32 Å². The first-order chi connectivity index (χ1) is 11.5. The number of anilines is 1. The zero-order chi connectivity index (χ0) is 17.1. The van der Waals surface area contributed by atoms with Gasteiger partial charge in [-0.2, -0.15) is 0 Å². The number of carbonyl (C=O) groups excluding carboxylic acids is 2. The van der Waals surface area contributed by atoms with Crippen molar-refractivity contribution in [3.63, 3.8) is 0 Å². The van der Waals surface area contributed by atoms with Gasteiger partial charge >= 0.3 is 0 Å². The summed E-state index contributed by atoms with van der Waals surface area (Å²) in [6, 6.07) is 1.89. The zero-order valence-corrected chi connectivity index (χ0v) is 14.4. The summed E-state index contributed by atoms with van der Waals surface area (Å²) in [6.45, 7) is 6.14. The van der Waals surface area contributed by atoms with Gasteiger partial charge in [0, 0.05) is 32.6 Å². The van der Waals surface area contributed by atoms with E-state index in [2.05, 4.69) is 15.3 Å². The minimum Gasteiger partial charge on any atom is -0.361 e. The minimum atomic E-state index is 0.0301. The molecule has 0 spiro atoms. The van der Waals surface area contributed by atoms with Crippen LogP contribution in [0, 0.1) is 6.92 Å². The molecule has 1 aromatic heterocycles. The number of carbonyl (C=O) groups is 2. The molecule has 2 aliphatic rings. The van der Waals surface area contributed by atoms with Crippen LogP contribution in [-0.2, 0) is 9.59 Å². The van der Waals surface area contributed by atoms with E-state index in [-0.39, 0.29) is 24.4 Å². The van der Waals surface area contributed by atoms with Crippen molar-refractivity contribution < 1.29 is 9.59 Å². The Bertz CT molecular complexity index is 627. The van der Waals surface area contributed by atoms with E-state index in [1.165, 1.54) is 6.42 Å². The molecule has 1 aromatic rings. The van der Waals surface area contributed by atoms with Crippen LogP contribution in [0.4, 0.5) is 5.82 Å². The molecule has 2 saturated heterocycles. The SMILES string of the molecule is CC(=O)N1CC[C@@H]1c1cc(NCC(=O)N2CCCCC2)nc(C)n1. The van der Waals surface area contributed by atoms with Gasteiger partial charge in [-0.1, -0.05) is 0 Å². The van der Waals surface area contributed by atoms with Crippen LogP contribution in [0.15, 0.2) is 6.07 Å². The predicted octanol–water partition coefficient (Wildman–Crippen LogP) is 1.50. The van der Waals surface area contributed by atoms with Crippen LogP contribution in [0.5, 0.6) is 0 Å². The number of nitrogens with one attached hydrogen (secondary N) is 1. The van der Waals surface area contributed by atoms with E-state index in [0.29, 0.717) is 11.6 Å². The van der Waals surface area contributed by atoms with Gasteiger partial charge < -0.3 is 15.1 Å². The number of hydrogen-bond acceptors (Lipinski definition) is 5. The largest absolute Gasteiger partial charge is 0.361 e. The maximum atomic E-state index is 12.3. The normalized spacial score (nSPS) is 20.5. The van der Waals surface area contributed by atoms with Gasteiger partial charge in [0.2, 0.25) is 11.8 Å². The lowest BCUT2D eigenvalue weighted by Gasteiger charge is -2.40. The fourth-order valence-corrected chi connectivity index (χ4v) is 3.35. The second kappa shape index (κ2) is 7.15. The van der Waals surface area contributed by atoms with E-state index in [0.717, 1.165) is 44.6 Å². The highest BCUT2D eigenvalue weighted by molar-refractivity contribution is 5.80. The van der Waals surface area contributed by atoms with Crippen LogP contribution in [0.25, 0.3) is 0 Å². The number of aryl methyl sites for hydroxylation is 1. The number of nitrogens with zero attached hydrogens (tertiary/aromatic N) is 4. The Hall–Kier alpha value is -2.18. The summed E-state index contributed by atoms with van der Waals surface area (Å²) in [7, 11) is 0. The maximum Gasteiger partial charge on any atom is 0.241 e. The molecule has 7 nitrogen and oxygen atoms in total. The molecular weight excluding hydrogens is 306 g/mol. The van der Waals surface area contributed by atoms with E-state index in [1.807, 2.05) is 22.8 Å². The smallest absolute Gasteiger partial charge is 0.241 e. The number of piperidine rings is 1. The van der Waals surface area contributed by atoms with Gasteiger partial charge in [-0.15, -0.1) is 0 Å². The average Bonchev–Trinajstić information content (AvgIpc) is 2.51. The average molecular weight is 331 g/mol. The standard InChI is InChI=1S/C17H25N5O2/c1-12-19-14(15-6-9-22(15)13(2)23)10-16(20-12)18-11-17(24)21-7-4-3-5-8-21/h10,15H,3-9,11H2,1-2H3,(H,18,19,20)/t15-/m1/s1. The predicted molar refractivity (Wildman–Crippen MR) is 90.4 cm³/mol. The van der Waals surface area contributed by atoms with E-state index in [4.69, 9.17) is 0 Å². The molecular formula is C17H25N5O2. The van der Waals surface area contributed by atoms with Crippen molar-refractivity contribution in [2.24, 2.45) is 0 Å². The minimum absolute atomic E-state index is 0.0301. The van der Waals surface area contributed by atoms with Gasteiger partial charge in [-0.25, -0.2) is 9.97 Å². The number of amides is 2. The van der Waals surface area contributed by atoms with Crippen molar-refractivity contribution in [2.45, 2.75) is 45.6 Å². The zero-order valence-electron chi connectivity index (χ0n) is 14.4. The Kier molecular flexibility index (Phi) is 4.97. The van der Waals surface area contributed by atoms with E-state index in [1.54, 1.807) is 6.92 Å². The van der Waals surface area contributed by atoms with Gasteiger partial charge in [0.25, 0.3) is 0 Å². The molecule has 2 fully saturated rings. The van der Waals surface area contributed by atoms with Crippen LogP contribution in [-0.4, -0.2) is 57.8 Å². The summed E-state index contributed by atoms with van der Waals surface area (Å²) in [5, 5.41) is 3.12. The molecule has 0 aliphatic carbocycles. The third-order valence-electron chi connectivity index (χ3n) is 4.75. The molecule has 0 aromatic carbocycles. The summed E-state index contributed by atoms with van der Waals surface area (Å²) in [5.74, 6) is 1.48. The summed E-state index contributed by atoms with van der Waals surface area (Å²) >= 11 is 0.